The largest absolute Gasteiger partial charge is 0.398 e. The van der Waals surface area contributed by atoms with Gasteiger partial charge in [-0.2, -0.15) is 4.31 Å². The number of anilines is 1. The van der Waals surface area contributed by atoms with Crippen LogP contribution in [0.15, 0.2) is 29.7 Å². The van der Waals surface area contributed by atoms with Crippen LogP contribution in [0.25, 0.3) is 0 Å². The zero-order valence-electron chi connectivity index (χ0n) is 11.1. The van der Waals surface area contributed by atoms with E-state index in [1.807, 2.05) is 13.8 Å². The minimum absolute atomic E-state index is 0.242. The van der Waals surface area contributed by atoms with Crippen molar-refractivity contribution in [3.63, 3.8) is 0 Å². The number of nitrogens with zero attached hydrogens (tertiary/aromatic N) is 1. The van der Waals surface area contributed by atoms with Gasteiger partial charge in [0.2, 0.25) is 10.0 Å². The molecule has 0 aliphatic carbocycles. The first kappa shape index (κ1) is 14.7. The first-order valence-corrected chi connectivity index (χ1v) is 7.26. The molecule has 0 spiro atoms. The van der Waals surface area contributed by atoms with E-state index in [1.54, 1.807) is 19.1 Å². The van der Waals surface area contributed by atoms with E-state index in [-0.39, 0.29) is 4.90 Å². The van der Waals surface area contributed by atoms with Gasteiger partial charge in [-0.1, -0.05) is 13.0 Å². The van der Waals surface area contributed by atoms with E-state index in [1.165, 1.54) is 10.4 Å². The van der Waals surface area contributed by atoms with Crippen LogP contribution in [0.2, 0.25) is 0 Å². The van der Waals surface area contributed by atoms with E-state index >= 15 is 0 Å². The van der Waals surface area contributed by atoms with E-state index in [0.29, 0.717) is 18.8 Å². The molecule has 1 aromatic carbocycles. The summed E-state index contributed by atoms with van der Waals surface area (Å²) in [6, 6.07) is 3.18. The number of hydrogen-bond acceptors (Lipinski definition) is 3. The number of rotatable bonds is 5. The predicted octanol–water partition coefficient (Wildman–Crippen LogP) is 2.08. The Morgan fingerprint density at radius 2 is 2.00 bits per heavy atom. The predicted molar refractivity (Wildman–Crippen MR) is 75.0 cm³/mol. The maximum absolute atomic E-state index is 12.4. The second-order valence-corrected chi connectivity index (χ2v) is 6.14. The molecule has 0 heterocycles. The fourth-order valence-electron chi connectivity index (χ4n) is 1.69. The van der Waals surface area contributed by atoms with E-state index < -0.39 is 10.0 Å². The summed E-state index contributed by atoms with van der Waals surface area (Å²) in [6.45, 7) is 9.81. The lowest BCUT2D eigenvalue weighted by Gasteiger charge is -2.19. The van der Waals surface area contributed by atoms with Gasteiger partial charge >= 0.3 is 0 Å². The second-order valence-electron chi connectivity index (χ2n) is 4.20. The van der Waals surface area contributed by atoms with E-state index in [9.17, 15) is 8.42 Å². The highest BCUT2D eigenvalue weighted by Crippen LogP contribution is 2.23. The Hall–Kier alpha value is -1.33. The third-order valence-electron chi connectivity index (χ3n) is 3.00. The standard InChI is InChI=1S/C13H20N2O2S/c1-5-7-15(6-2)18(16,17)12-8-10(3)11(4)13(14)9-12/h5,8-9H,1,6-7,14H2,2-4H3. The van der Waals surface area contributed by atoms with Crippen LogP contribution >= 0.6 is 0 Å². The summed E-state index contributed by atoms with van der Waals surface area (Å²) in [6.07, 6.45) is 1.57. The van der Waals surface area contributed by atoms with E-state index in [0.717, 1.165) is 11.1 Å². The van der Waals surface area contributed by atoms with Gasteiger partial charge in [-0.3, -0.25) is 0 Å². The fourth-order valence-corrected chi connectivity index (χ4v) is 3.23. The summed E-state index contributed by atoms with van der Waals surface area (Å²) >= 11 is 0. The molecule has 0 unspecified atom stereocenters. The topological polar surface area (TPSA) is 63.4 Å². The molecular formula is C13H20N2O2S. The van der Waals surface area contributed by atoms with Crippen LogP contribution in [0, 0.1) is 13.8 Å². The Balaban J connectivity index is 3.32. The van der Waals surface area contributed by atoms with Crippen molar-refractivity contribution in [2.75, 3.05) is 18.8 Å². The smallest absolute Gasteiger partial charge is 0.243 e. The van der Waals surface area contributed by atoms with Crippen LogP contribution < -0.4 is 5.73 Å². The van der Waals surface area contributed by atoms with Gasteiger partial charge < -0.3 is 5.73 Å². The van der Waals surface area contributed by atoms with E-state index in [2.05, 4.69) is 6.58 Å². The van der Waals surface area contributed by atoms with Gasteiger partial charge in [0.15, 0.2) is 0 Å². The maximum Gasteiger partial charge on any atom is 0.243 e. The van der Waals surface area contributed by atoms with Gasteiger partial charge in [0.05, 0.1) is 4.90 Å². The fraction of sp³-hybridized carbons (Fsp3) is 0.385. The maximum atomic E-state index is 12.4. The third kappa shape index (κ3) is 2.73. The highest BCUT2D eigenvalue weighted by molar-refractivity contribution is 7.89. The Labute approximate surface area is 109 Å². The second kappa shape index (κ2) is 5.54. The Morgan fingerprint density at radius 1 is 1.39 bits per heavy atom. The Morgan fingerprint density at radius 3 is 2.44 bits per heavy atom. The lowest BCUT2D eigenvalue weighted by Crippen LogP contribution is -2.31. The monoisotopic (exact) mass is 268 g/mol. The molecule has 0 aliphatic rings. The zero-order valence-corrected chi connectivity index (χ0v) is 11.9. The number of nitrogen functional groups attached to an aromatic ring is 1. The molecule has 0 saturated carbocycles. The van der Waals surface area contributed by atoms with Gasteiger partial charge in [-0.15, -0.1) is 6.58 Å². The number of sulfonamides is 1. The van der Waals surface area contributed by atoms with Crippen LogP contribution in [0.3, 0.4) is 0 Å². The van der Waals surface area contributed by atoms with Crippen LogP contribution in [0.4, 0.5) is 5.69 Å². The number of nitrogens with two attached hydrogens (primary N) is 1. The summed E-state index contributed by atoms with van der Waals surface area (Å²) < 4.78 is 26.1. The summed E-state index contributed by atoms with van der Waals surface area (Å²) in [5, 5.41) is 0. The quantitative estimate of drug-likeness (QED) is 0.657. The van der Waals surface area contributed by atoms with Gasteiger partial charge in [-0.25, -0.2) is 8.42 Å². The molecule has 0 radical (unpaired) electrons. The molecule has 1 rings (SSSR count). The number of likely N-dealkylation sites (N-methyl/N-ethyl adjacent to an activating group) is 1. The minimum atomic E-state index is -3.49. The third-order valence-corrected chi connectivity index (χ3v) is 4.92. The van der Waals surface area contributed by atoms with Crippen molar-refractivity contribution in [1.82, 2.24) is 4.31 Å². The lowest BCUT2D eigenvalue weighted by atomic mass is 10.1. The van der Waals surface area contributed by atoms with Crippen molar-refractivity contribution in [2.45, 2.75) is 25.7 Å². The summed E-state index contributed by atoms with van der Waals surface area (Å²) in [7, 11) is -3.49. The summed E-state index contributed by atoms with van der Waals surface area (Å²) in [4.78, 5) is 0.242. The molecule has 100 valence electrons. The van der Waals surface area contributed by atoms with E-state index in [4.69, 9.17) is 5.73 Å². The molecule has 0 fully saturated rings. The number of hydrogen-bond donors (Lipinski definition) is 1. The van der Waals surface area contributed by atoms with Crippen molar-refractivity contribution < 1.29 is 8.42 Å². The minimum Gasteiger partial charge on any atom is -0.398 e. The molecule has 0 amide bonds. The van der Waals surface area contributed by atoms with Crippen LogP contribution in [-0.2, 0) is 10.0 Å². The van der Waals surface area contributed by atoms with Crippen molar-refractivity contribution >= 4 is 15.7 Å². The highest BCUT2D eigenvalue weighted by Gasteiger charge is 2.23. The molecule has 4 nitrogen and oxygen atoms in total. The Bertz CT molecular complexity index is 527. The average Bonchev–Trinajstić information content (AvgIpc) is 2.31. The van der Waals surface area contributed by atoms with Crippen molar-refractivity contribution in [1.29, 1.82) is 0 Å². The number of aryl methyl sites for hydroxylation is 1. The highest BCUT2D eigenvalue weighted by atomic mass is 32.2. The first-order chi connectivity index (χ1) is 8.34. The molecule has 18 heavy (non-hydrogen) atoms. The molecule has 1 aromatic rings. The van der Waals surface area contributed by atoms with Crippen LogP contribution in [0.5, 0.6) is 0 Å². The van der Waals surface area contributed by atoms with Crippen LogP contribution in [-0.4, -0.2) is 25.8 Å². The van der Waals surface area contributed by atoms with Gasteiger partial charge in [-0.05, 0) is 37.1 Å². The first-order valence-electron chi connectivity index (χ1n) is 5.82. The summed E-state index contributed by atoms with van der Waals surface area (Å²) in [5.41, 5.74) is 8.13. The lowest BCUT2D eigenvalue weighted by molar-refractivity contribution is 0.460. The van der Waals surface area contributed by atoms with Crippen molar-refractivity contribution in [3.8, 4) is 0 Å². The zero-order chi connectivity index (χ0) is 13.9. The van der Waals surface area contributed by atoms with Gasteiger partial charge in [0, 0.05) is 18.8 Å². The van der Waals surface area contributed by atoms with Crippen molar-refractivity contribution in [3.05, 3.63) is 35.9 Å². The SMILES string of the molecule is C=CCN(CC)S(=O)(=O)c1cc(C)c(C)c(N)c1. The molecule has 5 heteroatoms. The van der Waals surface area contributed by atoms with Crippen LogP contribution in [0.1, 0.15) is 18.1 Å². The molecule has 2 N–H and O–H groups in total. The summed E-state index contributed by atoms with van der Waals surface area (Å²) in [5.74, 6) is 0. The average molecular weight is 268 g/mol. The molecule has 0 aliphatic heterocycles. The van der Waals surface area contributed by atoms with Gasteiger partial charge in [0.25, 0.3) is 0 Å². The molecule has 0 atom stereocenters. The Kier molecular flexibility index (Phi) is 4.53. The number of benzene rings is 1. The molecule has 0 saturated heterocycles. The normalized spacial score (nSPS) is 11.8. The molecule has 0 aromatic heterocycles. The molecule has 0 bridgehead atoms. The van der Waals surface area contributed by atoms with Crippen molar-refractivity contribution in [2.24, 2.45) is 0 Å². The van der Waals surface area contributed by atoms with Gasteiger partial charge in [0.1, 0.15) is 0 Å². The molecular weight excluding hydrogens is 248 g/mol.